The molecule has 0 N–H and O–H groups in total. The zero-order chi connectivity index (χ0) is 7.66. The standard InChI is InChI=1S/C7H14O2Si/c1-3-4-7-10-9-6-5-8-2/h4,7H,3,5-6H2,1-2H3/b7-4+. The average molecular weight is 158 g/mol. The first kappa shape index (κ1) is 9.88. The Balaban J connectivity index is 2.83. The fourth-order valence-electron chi connectivity index (χ4n) is 0.398. The van der Waals surface area contributed by atoms with Gasteiger partial charge in [0.05, 0.1) is 13.2 Å². The largest absolute Gasteiger partial charge is 0.410 e. The van der Waals surface area contributed by atoms with Crippen molar-refractivity contribution in [2.45, 2.75) is 13.3 Å². The van der Waals surface area contributed by atoms with Crippen LogP contribution >= 0.6 is 0 Å². The first-order chi connectivity index (χ1) is 4.91. The highest BCUT2D eigenvalue weighted by molar-refractivity contribution is 6.34. The molecule has 0 amide bonds. The summed E-state index contributed by atoms with van der Waals surface area (Å²) in [6, 6.07) is 0. The Bertz CT molecular complexity index is 83.7. The number of rotatable bonds is 6. The fraction of sp³-hybridized carbons (Fsp3) is 0.714. The van der Waals surface area contributed by atoms with Crippen LogP contribution in [0, 0.1) is 0 Å². The molecule has 2 radical (unpaired) electrons. The fourth-order valence-corrected chi connectivity index (χ4v) is 1.03. The molecule has 0 saturated heterocycles. The third kappa shape index (κ3) is 7.88. The molecule has 58 valence electrons. The van der Waals surface area contributed by atoms with Crippen molar-refractivity contribution in [3.63, 3.8) is 0 Å². The summed E-state index contributed by atoms with van der Waals surface area (Å²) in [4.78, 5) is 0. The van der Waals surface area contributed by atoms with Crippen molar-refractivity contribution >= 4 is 9.76 Å². The highest BCUT2D eigenvalue weighted by Gasteiger charge is 1.83. The molecule has 2 nitrogen and oxygen atoms in total. The van der Waals surface area contributed by atoms with Gasteiger partial charge in [0.15, 0.2) is 0 Å². The van der Waals surface area contributed by atoms with Gasteiger partial charge in [-0.25, -0.2) is 0 Å². The Morgan fingerprint density at radius 2 is 2.20 bits per heavy atom. The molecule has 0 aliphatic rings. The molecule has 0 aromatic carbocycles. The van der Waals surface area contributed by atoms with Gasteiger partial charge >= 0.3 is 0 Å². The van der Waals surface area contributed by atoms with Gasteiger partial charge in [0.2, 0.25) is 0 Å². The minimum atomic E-state index is 0.488. The number of ether oxygens (including phenoxy) is 1. The molecule has 0 saturated carbocycles. The van der Waals surface area contributed by atoms with E-state index in [0.717, 1.165) is 6.42 Å². The van der Waals surface area contributed by atoms with Crippen LogP contribution in [0.15, 0.2) is 11.8 Å². The van der Waals surface area contributed by atoms with Crippen molar-refractivity contribution in [3.8, 4) is 0 Å². The van der Waals surface area contributed by atoms with Gasteiger partial charge in [0, 0.05) is 7.11 Å². The Kier molecular flexibility index (Phi) is 8.77. The predicted octanol–water partition coefficient (Wildman–Crippen LogP) is 1.19. The van der Waals surface area contributed by atoms with E-state index >= 15 is 0 Å². The second kappa shape index (κ2) is 8.88. The zero-order valence-electron chi connectivity index (χ0n) is 6.59. The second-order valence-corrected chi connectivity index (χ2v) is 2.63. The molecule has 0 rings (SSSR count). The van der Waals surface area contributed by atoms with Crippen LogP contribution < -0.4 is 0 Å². The van der Waals surface area contributed by atoms with E-state index in [-0.39, 0.29) is 0 Å². The maximum atomic E-state index is 5.19. The summed E-state index contributed by atoms with van der Waals surface area (Å²) < 4.78 is 10.00. The molecule has 3 heteroatoms. The van der Waals surface area contributed by atoms with Crippen LogP contribution in [-0.4, -0.2) is 30.1 Å². The lowest BCUT2D eigenvalue weighted by Gasteiger charge is -1.96. The van der Waals surface area contributed by atoms with Crippen molar-refractivity contribution in [2.24, 2.45) is 0 Å². The molecule has 0 heterocycles. The van der Waals surface area contributed by atoms with Gasteiger partial charge < -0.3 is 9.16 Å². The molecule has 0 spiro atoms. The zero-order valence-corrected chi connectivity index (χ0v) is 7.59. The van der Waals surface area contributed by atoms with Crippen LogP contribution in [0.3, 0.4) is 0 Å². The van der Waals surface area contributed by atoms with Crippen molar-refractivity contribution < 1.29 is 9.16 Å². The summed E-state index contributed by atoms with van der Waals surface area (Å²) in [5.41, 5.74) is 2.05. The summed E-state index contributed by atoms with van der Waals surface area (Å²) >= 11 is 0. The molecule has 0 aromatic heterocycles. The summed E-state index contributed by atoms with van der Waals surface area (Å²) in [6.07, 6.45) is 3.19. The highest BCUT2D eigenvalue weighted by atomic mass is 28.2. The quantitative estimate of drug-likeness (QED) is 0.427. The van der Waals surface area contributed by atoms with Gasteiger partial charge in [-0.15, -0.1) is 0 Å². The maximum absolute atomic E-state index is 5.19. The smallest absolute Gasteiger partial charge is 0.260 e. The van der Waals surface area contributed by atoms with Crippen LogP contribution in [0.4, 0.5) is 0 Å². The van der Waals surface area contributed by atoms with E-state index in [1.54, 1.807) is 7.11 Å². The van der Waals surface area contributed by atoms with E-state index in [4.69, 9.17) is 9.16 Å². The molecule has 0 aliphatic carbocycles. The minimum absolute atomic E-state index is 0.488. The van der Waals surface area contributed by atoms with E-state index in [2.05, 4.69) is 18.7 Å². The van der Waals surface area contributed by atoms with E-state index in [9.17, 15) is 0 Å². The number of allylic oxidation sites excluding steroid dienone is 1. The van der Waals surface area contributed by atoms with Crippen molar-refractivity contribution in [3.05, 3.63) is 11.8 Å². The monoisotopic (exact) mass is 158 g/mol. The number of methoxy groups -OCH3 is 1. The van der Waals surface area contributed by atoms with Crippen LogP contribution in [-0.2, 0) is 9.16 Å². The average Bonchev–Trinajstić information content (AvgIpc) is 1.97. The number of hydrogen-bond donors (Lipinski definition) is 0. The molecule has 0 unspecified atom stereocenters. The molecule has 0 aliphatic heterocycles. The predicted molar refractivity (Wildman–Crippen MR) is 43.0 cm³/mol. The third-order valence-corrected chi connectivity index (χ3v) is 1.64. The van der Waals surface area contributed by atoms with Gasteiger partial charge in [-0.2, -0.15) is 0 Å². The van der Waals surface area contributed by atoms with Crippen molar-refractivity contribution in [2.75, 3.05) is 20.3 Å². The Hall–Kier alpha value is -0.123. The lowest BCUT2D eigenvalue weighted by Crippen LogP contribution is -2.03. The van der Waals surface area contributed by atoms with E-state index in [1.165, 1.54) is 0 Å². The van der Waals surface area contributed by atoms with Crippen LogP contribution in [0.1, 0.15) is 13.3 Å². The van der Waals surface area contributed by atoms with Crippen molar-refractivity contribution in [1.82, 2.24) is 0 Å². The lowest BCUT2D eigenvalue weighted by atomic mass is 10.5. The van der Waals surface area contributed by atoms with Gasteiger partial charge in [-0.1, -0.05) is 18.7 Å². The first-order valence-electron chi connectivity index (χ1n) is 3.43. The first-order valence-corrected chi connectivity index (χ1v) is 4.41. The van der Waals surface area contributed by atoms with E-state index < -0.39 is 0 Å². The van der Waals surface area contributed by atoms with Crippen LogP contribution in [0.5, 0.6) is 0 Å². The lowest BCUT2D eigenvalue weighted by molar-refractivity contribution is 0.150. The van der Waals surface area contributed by atoms with Gasteiger partial charge in [0.25, 0.3) is 9.76 Å². The molecule has 0 aromatic rings. The highest BCUT2D eigenvalue weighted by Crippen LogP contribution is 1.79. The topological polar surface area (TPSA) is 18.5 Å². The summed E-state index contributed by atoms with van der Waals surface area (Å²) in [6.45, 7) is 3.49. The summed E-state index contributed by atoms with van der Waals surface area (Å²) in [7, 11) is 2.16. The normalized spacial score (nSPS) is 11.0. The van der Waals surface area contributed by atoms with Gasteiger partial charge in [0.1, 0.15) is 0 Å². The van der Waals surface area contributed by atoms with E-state index in [1.807, 2.05) is 0 Å². The molecule has 10 heavy (non-hydrogen) atoms. The molecule has 0 atom stereocenters. The SMILES string of the molecule is CC/C=C/[Si]OCCOC. The minimum Gasteiger partial charge on any atom is -0.410 e. The Morgan fingerprint density at radius 1 is 1.40 bits per heavy atom. The van der Waals surface area contributed by atoms with Crippen LogP contribution in [0.2, 0.25) is 0 Å². The maximum Gasteiger partial charge on any atom is 0.260 e. The Morgan fingerprint density at radius 3 is 2.80 bits per heavy atom. The summed E-state index contributed by atoms with van der Waals surface area (Å²) in [5.74, 6) is 0. The molecule has 0 fully saturated rings. The molecular formula is C7H14O2Si. The van der Waals surface area contributed by atoms with Crippen molar-refractivity contribution in [1.29, 1.82) is 0 Å². The second-order valence-electron chi connectivity index (χ2n) is 1.77. The third-order valence-electron chi connectivity index (χ3n) is 0.894. The van der Waals surface area contributed by atoms with Gasteiger partial charge in [-0.3, -0.25) is 0 Å². The Labute approximate surface area is 65.2 Å². The molecular weight excluding hydrogens is 144 g/mol. The van der Waals surface area contributed by atoms with Crippen LogP contribution in [0.25, 0.3) is 0 Å². The summed E-state index contributed by atoms with van der Waals surface area (Å²) in [5, 5.41) is 0. The molecule has 0 bridgehead atoms. The number of hydrogen-bond acceptors (Lipinski definition) is 2. The van der Waals surface area contributed by atoms with E-state index in [0.29, 0.717) is 23.0 Å². The van der Waals surface area contributed by atoms with Gasteiger partial charge in [-0.05, 0) is 6.42 Å².